The Bertz CT molecular complexity index is 447. The van der Waals surface area contributed by atoms with Crippen LogP contribution in [-0.2, 0) is 0 Å². The van der Waals surface area contributed by atoms with Crippen molar-refractivity contribution in [1.82, 2.24) is 4.90 Å². The number of nitrogens with zero attached hydrogens (tertiary/aromatic N) is 2. The second-order valence-electron chi connectivity index (χ2n) is 4.99. The topological polar surface area (TPSA) is 39.1 Å². The Morgan fingerprint density at radius 3 is 2.74 bits per heavy atom. The molecule has 0 bridgehead atoms. The van der Waals surface area contributed by atoms with Gasteiger partial charge in [0.2, 0.25) is 0 Å². The van der Waals surface area contributed by atoms with E-state index >= 15 is 0 Å². The molecule has 0 aliphatic carbocycles. The van der Waals surface area contributed by atoms with Crippen LogP contribution in [-0.4, -0.2) is 31.1 Å². The summed E-state index contributed by atoms with van der Waals surface area (Å²) in [5.41, 5.74) is 1.75. The van der Waals surface area contributed by atoms with Crippen LogP contribution in [0.25, 0.3) is 0 Å². The normalized spacial score (nSPS) is 16.0. The van der Waals surface area contributed by atoms with Gasteiger partial charge in [-0.15, -0.1) is 0 Å². The van der Waals surface area contributed by atoms with Crippen LogP contribution in [0.2, 0.25) is 0 Å². The van der Waals surface area contributed by atoms with Crippen LogP contribution in [0, 0.1) is 11.3 Å². The molecule has 0 spiro atoms. The van der Waals surface area contributed by atoms with Crippen LogP contribution in [0.4, 0.5) is 5.69 Å². The number of hydrogen-bond donors (Lipinski definition) is 1. The van der Waals surface area contributed by atoms with Gasteiger partial charge in [-0.2, -0.15) is 5.26 Å². The minimum Gasteiger partial charge on any atom is -0.384 e. The summed E-state index contributed by atoms with van der Waals surface area (Å²) in [6.07, 6.45) is 5.27. The quantitative estimate of drug-likeness (QED) is 0.842. The van der Waals surface area contributed by atoms with E-state index in [1.165, 1.54) is 38.9 Å². The molecule has 0 radical (unpaired) electrons. The van der Waals surface area contributed by atoms with Crippen molar-refractivity contribution >= 4 is 21.6 Å². The van der Waals surface area contributed by atoms with Gasteiger partial charge in [0.05, 0.1) is 11.6 Å². The van der Waals surface area contributed by atoms with E-state index in [2.05, 4.69) is 32.2 Å². The Kier molecular flexibility index (Phi) is 5.68. The second kappa shape index (κ2) is 7.52. The molecule has 19 heavy (non-hydrogen) atoms. The minimum absolute atomic E-state index is 0.686. The van der Waals surface area contributed by atoms with Crippen LogP contribution >= 0.6 is 15.9 Å². The molecule has 1 N–H and O–H groups in total. The first kappa shape index (κ1) is 14.4. The van der Waals surface area contributed by atoms with Crippen LogP contribution in [0.3, 0.4) is 0 Å². The van der Waals surface area contributed by atoms with Gasteiger partial charge in [-0.3, -0.25) is 0 Å². The number of hydrogen-bond acceptors (Lipinski definition) is 3. The average molecular weight is 322 g/mol. The van der Waals surface area contributed by atoms with Crippen LogP contribution in [0.1, 0.15) is 31.2 Å². The van der Waals surface area contributed by atoms with Crippen molar-refractivity contribution in [2.75, 3.05) is 31.5 Å². The molecule has 1 fully saturated rings. The third-order valence-corrected chi connectivity index (χ3v) is 4.17. The van der Waals surface area contributed by atoms with Crippen molar-refractivity contribution in [3.63, 3.8) is 0 Å². The maximum atomic E-state index is 8.81. The molecule has 1 saturated heterocycles. The summed E-state index contributed by atoms with van der Waals surface area (Å²) in [6, 6.07) is 7.80. The van der Waals surface area contributed by atoms with Gasteiger partial charge in [-0.1, -0.05) is 6.42 Å². The Labute approximate surface area is 123 Å². The summed E-state index contributed by atoms with van der Waals surface area (Å²) in [4.78, 5) is 2.55. The predicted octanol–water partition coefficient (Wildman–Crippen LogP) is 3.61. The van der Waals surface area contributed by atoms with E-state index in [9.17, 15) is 0 Å². The smallest absolute Gasteiger partial charge is 0.0992 e. The first-order valence-electron chi connectivity index (χ1n) is 6.95. The van der Waals surface area contributed by atoms with Gasteiger partial charge in [0.1, 0.15) is 0 Å². The van der Waals surface area contributed by atoms with Crippen molar-refractivity contribution < 1.29 is 0 Å². The third kappa shape index (κ3) is 4.52. The molecule has 1 aliphatic rings. The lowest BCUT2D eigenvalue weighted by Crippen LogP contribution is -2.31. The van der Waals surface area contributed by atoms with E-state index in [4.69, 9.17) is 5.26 Å². The molecule has 0 unspecified atom stereocenters. The lowest BCUT2D eigenvalue weighted by molar-refractivity contribution is 0.228. The molecule has 0 atom stereocenters. The number of rotatable bonds is 5. The Morgan fingerprint density at radius 2 is 2.05 bits per heavy atom. The minimum atomic E-state index is 0.686. The largest absolute Gasteiger partial charge is 0.384 e. The van der Waals surface area contributed by atoms with Gasteiger partial charge in [-0.05, 0) is 73.0 Å². The van der Waals surface area contributed by atoms with Crippen molar-refractivity contribution in [3.8, 4) is 6.07 Å². The monoisotopic (exact) mass is 321 g/mol. The summed E-state index contributed by atoms with van der Waals surface area (Å²) in [5, 5.41) is 12.2. The number of halogens is 1. The van der Waals surface area contributed by atoms with Crippen molar-refractivity contribution in [2.45, 2.75) is 25.7 Å². The van der Waals surface area contributed by atoms with E-state index in [0.29, 0.717) is 5.56 Å². The number of benzene rings is 1. The third-order valence-electron chi connectivity index (χ3n) is 3.51. The molecule has 4 heteroatoms. The highest BCUT2D eigenvalue weighted by molar-refractivity contribution is 9.10. The van der Waals surface area contributed by atoms with Gasteiger partial charge in [0, 0.05) is 16.7 Å². The van der Waals surface area contributed by atoms with Gasteiger partial charge in [-0.25, -0.2) is 0 Å². The van der Waals surface area contributed by atoms with Gasteiger partial charge >= 0.3 is 0 Å². The zero-order chi connectivity index (χ0) is 13.5. The Morgan fingerprint density at radius 1 is 1.26 bits per heavy atom. The molecule has 2 rings (SSSR count). The van der Waals surface area contributed by atoms with Crippen LogP contribution in [0.5, 0.6) is 0 Å². The summed E-state index contributed by atoms with van der Waals surface area (Å²) in [5.74, 6) is 0. The molecule has 1 aromatic rings. The highest BCUT2D eigenvalue weighted by Gasteiger charge is 2.09. The SMILES string of the molecule is N#Cc1ccc(NCCCN2CCCCC2)c(Br)c1. The van der Waals surface area contributed by atoms with Crippen molar-refractivity contribution in [1.29, 1.82) is 5.26 Å². The van der Waals surface area contributed by atoms with Crippen LogP contribution in [0.15, 0.2) is 22.7 Å². The van der Waals surface area contributed by atoms with Crippen molar-refractivity contribution in [3.05, 3.63) is 28.2 Å². The van der Waals surface area contributed by atoms with Gasteiger partial charge in [0.25, 0.3) is 0 Å². The van der Waals surface area contributed by atoms with Gasteiger partial charge in [0.15, 0.2) is 0 Å². The Balaban J connectivity index is 1.72. The molecular weight excluding hydrogens is 302 g/mol. The summed E-state index contributed by atoms with van der Waals surface area (Å²) in [7, 11) is 0. The second-order valence-corrected chi connectivity index (χ2v) is 5.84. The molecular formula is C15H20BrN3. The fraction of sp³-hybridized carbons (Fsp3) is 0.533. The maximum Gasteiger partial charge on any atom is 0.0992 e. The van der Waals surface area contributed by atoms with Crippen molar-refractivity contribution in [2.24, 2.45) is 0 Å². The Hall–Kier alpha value is -1.05. The molecule has 3 nitrogen and oxygen atoms in total. The summed E-state index contributed by atoms with van der Waals surface area (Å²) >= 11 is 3.49. The zero-order valence-electron chi connectivity index (χ0n) is 11.2. The first-order valence-corrected chi connectivity index (χ1v) is 7.75. The summed E-state index contributed by atoms with van der Waals surface area (Å²) in [6.45, 7) is 4.68. The number of anilines is 1. The predicted molar refractivity (Wildman–Crippen MR) is 82.3 cm³/mol. The number of nitriles is 1. The standard InChI is InChI=1S/C15H20BrN3/c16-14-11-13(12-17)5-6-15(14)18-7-4-10-19-8-2-1-3-9-19/h5-6,11,18H,1-4,7-10H2. The fourth-order valence-electron chi connectivity index (χ4n) is 2.44. The first-order chi connectivity index (χ1) is 9.29. The number of nitrogens with one attached hydrogen (secondary N) is 1. The molecule has 102 valence electrons. The number of likely N-dealkylation sites (tertiary alicyclic amines) is 1. The molecule has 0 amide bonds. The molecule has 0 saturated carbocycles. The maximum absolute atomic E-state index is 8.81. The van der Waals surface area contributed by atoms with E-state index in [1.807, 2.05) is 18.2 Å². The van der Waals surface area contributed by atoms with Crippen LogP contribution < -0.4 is 5.32 Å². The zero-order valence-corrected chi connectivity index (χ0v) is 12.7. The lowest BCUT2D eigenvalue weighted by atomic mass is 10.1. The molecule has 1 heterocycles. The molecule has 0 aromatic heterocycles. The number of piperidine rings is 1. The van der Waals surface area contributed by atoms with E-state index in [1.54, 1.807) is 0 Å². The highest BCUT2D eigenvalue weighted by atomic mass is 79.9. The fourth-order valence-corrected chi connectivity index (χ4v) is 2.96. The highest BCUT2D eigenvalue weighted by Crippen LogP contribution is 2.23. The van der Waals surface area contributed by atoms with E-state index in [0.717, 1.165) is 23.1 Å². The van der Waals surface area contributed by atoms with E-state index < -0.39 is 0 Å². The van der Waals surface area contributed by atoms with Gasteiger partial charge < -0.3 is 10.2 Å². The average Bonchev–Trinajstić information content (AvgIpc) is 2.46. The van der Waals surface area contributed by atoms with E-state index in [-0.39, 0.29) is 0 Å². The molecule has 1 aliphatic heterocycles. The lowest BCUT2D eigenvalue weighted by Gasteiger charge is -2.26. The summed E-state index contributed by atoms with van der Waals surface area (Å²) < 4.78 is 0.963. The molecule has 1 aromatic carbocycles.